The Morgan fingerprint density at radius 3 is 2.55 bits per heavy atom. The van der Waals surface area contributed by atoms with E-state index in [1.807, 2.05) is 0 Å². The molecule has 2 aliphatic rings. The van der Waals surface area contributed by atoms with E-state index in [0.29, 0.717) is 11.9 Å². The van der Waals surface area contributed by atoms with Crippen molar-refractivity contribution < 1.29 is 0 Å². The molecule has 0 unspecified atom stereocenters. The summed E-state index contributed by atoms with van der Waals surface area (Å²) in [4.78, 5) is 15.1. The molecule has 6 nitrogen and oxygen atoms in total. The molecule has 1 saturated heterocycles. The summed E-state index contributed by atoms with van der Waals surface area (Å²) in [6, 6.07) is 0. The van der Waals surface area contributed by atoms with Crippen LogP contribution in [-0.4, -0.2) is 34.6 Å². The van der Waals surface area contributed by atoms with Gasteiger partial charge in [0, 0.05) is 19.6 Å². The Balaban J connectivity index is 1.57. The highest BCUT2D eigenvalue weighted by molar-refractivity contribution is 5.42. The third-order valence-electron chi connectivity index (χ3n) is 4.34. The van der Waals surface area contributed by atoms with Gasteiger partial charge in [0.25, 0.3) is 0 Å². The highest BCUT2D eigenvalue weighted by Crippen LogP contribution is 2.27. The van der Waals surface area contributed by atoms with Gasteiger partial charge in [0.05, 0.1) is 0 Å². The van der Waals surface area contributed by atoms with Crippen molar-refractivity contribution in [2.75, 3.05) is 35.6 Å². The number of anilines is 3. The summed E-state index contributed by atoms with van der Waals surface area (Å²) in [5.74, 6) is 2.53. The Morgan fingerprint density at radius 1 is 1.05 bits per heavy atom. The van der Waals surface area contributed by atoms with Crippen LogP contribution in [0.5, 0.6) is 0 Å². The maximum atomic E-state index is 5.79. The van der Waals surface area contributed by atoms with Crippen LogP contribution in [0, 0.1) is 5.92 Å². The Morgan fingerprint density at radius 2 is 1.80 bits per heavy atom. The van der Waals surface area contributed by atoms with Crippen molar-refractivity contribution in [3.63, 3.8) is 0 Å². The lowest BCUT2D eigenvalue weighted by Gasteiger charge is -2.16. The zero-order valence-corrected chi connectivity index (χ0v) is 12.0. The second-order valence-corrected chi connectivity index (χ2v) is 5.88. The molecule has 3 N–H and O–H groups in total. The van der Waals surface area contributed by atoms with Crippen LogP contribution in [0.1, 0.15) is 44.9 Å². The number of nitrogens with one attached hydrogen (secondary N) is 1. The Bertz CT molecular complexity index is 437. The van der Waals surface area contributed by atoms with E-state index in [2.05, 4.69) is 25.2 Å². The first-order valence-electron chi connectivity index (χ1n) is 7.81. The number of nitrogens with zero attached hydrogens (tertiary/aromatic N) is 4. The van der Waals surface area contributed by atoms with Crippen LogP contribution >= 0.6 is 0 Å². The number of hydrogen-bond acceptors (Lipinski definition) is 6. The van der Waals surface area contributed by atoms with Crippen molar-refractivity contribution in [1.29, 1.82) is 0 Å². The molecule has 1 aromatic heterocycles. The number of nitrogens with two attached hydrogens (primary N) is 1. The van der Waals surface area contributed by atoms with Crippen LogP contribution in [0.25, 0.3) is 0 Å². The first kappa shape index (κ1) is 13.4. The maximum Gasteiger partial charge on any atom is 0.231 e. The van der Waals surface area contributed by atoms with Crippen molar-refractivity contribution in [3.05, 3.63) is 0 Å². The van der Waals surface area contributed by atoms with Crippen molar-refractivity contribution >= 4 is 17.8 Å². The number of nitrogen functional groups attached to an aromatic ring is 1. The minimum atomic E-state index is 0.310. The zero-order valence-electron chi connectivity index (χ0n) is 12.0. The van der Waals surface area contributed by atoms with E-state index < -0.39 is 0 Å². The van der Waals surface area contributed by atoms with Gasteiger partial charge in [-0.15, -0.1) is 0 Å². The molecule has 6 heteroatoms. The lowest BCUT2D eigenvalue weighted by atomic mass is 10.0. The van der Waals surface area contributed by atoms with Gasteiger partial charge in [-0.05, 0) is 25.2 Å². The molecule has 0 spiro atoms. The fourth-order valence-corrected chi connectivity index (χ4v) is 3.21. The Kier molecular flexibility index (Phi) is 4.18. The number of rotatable bonds is 5. The molecule has 0 aromatic carbocycles. The van der Waals surface area contributed by atoms with E-state index in [0.717, 1.165) is 31.5 Å². The minimum absolute atomic E-state index is 0.310. The van der Waals surface area contributed by atoms with Gasteiger partial charge >= 0.3 is 0 Å². The zero-order chi connectivity index (χ0) is 13.8. The quantitative estimate of drug-likeness (QED) is 0.856. The van der Waals surface area contributed by atoms with E-state index in [-0.39, 0.29) is 0 Å². The molecule has 110 valence electrons. The fourth-order valence-electron chi connectivity index (χ4n) is 3.21. The van der Waals surface area contributed by atoms with E-state index in [9.17, 15) is 0 Å². The van der Waals surface area contributed by atoms with Gasteiger partial charge in [-0.25, -0.2) is 0 Å². The van der Waals surface area contributed by atoms with E-state index in [1.165, 1.54) is 44.9 Å². The summed E-state index contributed by atoms with van der Waals surface area (Å²) in [7, 11) is 0. The molecule has 0 amide bonds. The Hall–Kier alpha value is -1.59. The average Bonchev–Trinajstić information content (AvgIpc) is 3.11. The summed E-state index contributed by atoms with van der Waals surface area (Å²) < 4.78 is 0. The van der Waals surface area contributed by atoms with Gasteiger partial charge < -0.3 is 16.0 Å². The van der Waals surface area contributed by atoms with Crippen LogP contribution in [0.15, 0.2) is 0 Å². The summed E-state index contributed by atoms with van der Waals surface area (Å²) in [6.45, 7) is 2.96. The van der Waals surface area contributed by atoms with Gasteiger partial charge in [0.1, 0.15) is 0 Å². The summed E-state index contributed by atoms with van der Waals surface area (Å²) in [6.07, 6.45) is 9.14. The molecular weight excluding hydrogens is 252 g/mol. The molecule has 20 heavy (non-hydrogen) atoms. The predicted octanol–water partition coefficient (Wildman–Crippen LogP) is 2.05. The van der Waals surface area contributed by atoms with Crippen molar-refractivity contribution in [1.82, 2.24) is 15.0 Å². The van der Waals surface area contributed by atoms with Gasteiger partial charge in [0.15, 0.2) is 0 Å². The normalized spacial score (nSPS) is 19.7. The summed E-state index contributed by atoms with van der Waals surface area (Å²) >= 11 is 0. The fraction of sp³-hybridized carbons (Fsp3) is 0.786. The predicted molar refractivity (Wildman–Crippen MR) is 80.8 cm³/mol. The van der Waals surface area contributed by atoms with Crippen molar-refractivity contribution in [3.8, 4) is 0 Å². The average molecular weight is 276 g/mol. The number of hydrogen-bond donors (Lipinski definition) is 2. The second kappa shape index (κ2) is 6.24. The molecule has 1 aromatic rings. The van der Waals surface area contributed by atoms with Crippen LogP contribution in [-0.2, 0) is 0 Å². The molecule has 1 aliphatic carbocycles. The molecule has 3 rings (SSSR count). The van der Waals surface area contributed by atoms with E-state index in [1.54, 1.807) is 0 Å². The summed E-state index contributed by atoms with van der Waals surface area (Å²) in [5, 5.41) is 3.31. The van der Waals surface area contributed by atoms with E-state index >= 15 is 0 Å². The minimum Gasteiger partial charge on any atom is -0.368 e. The van der Waals surface area contributed by atoms with Gasteiger partial charge in [-0.2, -0.15) is 15.0 Å². The monoisotopic (exact) mass is 276 g/mol. The molecule has 0 bridgehead atoms. The van der Waals surface area contributed by atoms with Crippen LogP contribution in [0.3, 0.4) is 0 Å². The van der Waals surface area contributed by atoms with Gasteiger partial charge in [-0.3, -0.25) is 0 Å². The Labute approximate surface area is 120 Å². The van der Waals surface area contributed by atoms with Gasteiger partial charge in [0.2, 0.25) is 17.8 Å². The highest BCUT2D eigenvalue weighted by Gasteiger charge is 2.17. The lowest BCUT2D eigenvalue weighted by Crippen LogP contribution is -2.22. The van der Waals surface area contributed by atoms with E-state index in [4.69, 9.17) is 5.73 Å². The molecule has 0 radical (unpaired) electrons. The van der Waals surface area contributed by atoms with Crippen molar-refractivity contribution in [2.45, 2.75) is 44.9 Å². The first-order chi connectivity index (χ1) is 9.81. The smallest absolute Gasteiger partial charge is 0.231 e. The maximum absolute atomic E-state index is 5.79. The van der Waals surface area contributed by atoms with Crippen LogP contribution in [0.4, 0.5) is 17.8 Å². The SMILES string of the molecule is Nc1nc(NCCC2CCCC2)nc(N2CCCC2)n1. The topological polar surface area (TPSA) is 80.0 Å². The molecule has 1 aliphatic heterocycles. The second-order valence-electron chi connectivity index (χ2n) is 5.88. The van der Waals surface area contributed by atoms with Crippen molar-refractivity contribution in [2.24, 2.45) is 5.92 Å². The third-order valence-corrected chi connectivity index (χ3v) is 4.34. The molecule has 2 heterocycles. The third kappa shape index (κ3) is 3.29. The standard InChI is InChI=1S/C14H24N6/c15-12-17-13(16-8-7-11-5-1-2-6-11)19-14(18-12)20-9-3-4-10-20/h11H,1-10H2,(H3,15,16,17,18,19). The molecule has 0 atom stereocenters. The van der Waals surface area contributed by atoms with Gasteiger partial charge in [-0.1, -0.05) is 25.7 Å². The largest absolute Gasteiger partial charge is 0.368 e. The highest BCUT2D eigenvalue weighted by atomic mass is 15.3. The summed E-state index contributed by atoms with van der Waals surface area (Å²) in [5.41, 5.74) is 5.79. The molecule has 1 saturated carbocycles. The molecule has 2 fully saturated rings. The van der Waals surface area contributed by atoms with Crippen LogP contribution in [0.2, 0.25) is 0 Å². The molecular formula is C14H24N6. The number of aromatic nitrogens is 3. The lowest BCUT2D eigenvalue weighted by molar-refractivity contribution is 0.518. The van der Waals surface area contributed by atoms with Crippen LogP contribution < -0.4 is 16.0 Å². The first-order valence-corrected chi connectivity index (χ1v) is 7.81.